The Morgan fingerprint density at radius 2 is 1.72 bits per heavy atom. The van der Waals surface area contributed by atoms with Crippen molar-refractivity contribution in [3.63, 3.8) is 0 Å². The second-order valence-electron chi connectivity index (χ2n) is 4.20. The molecule has 0 atom stereocenters. The van der Waals surface area contributed by atoms with Gasteiger partial charge in [0.05, 0.1) is 0 Å². The van der Waals surface area contributed by atoms with Gasteiger partial charge in [-0.1, -0.05) is 29.3 Å². The fourth-order valence-corrected chi connectivity index (χ4v) is 2.13. The molecular formula is C14H13Cl2NO. The summed E-state index contributed by atoms with van der Waals surface area (Å²) in [6, 6.07) is 9.60. The van der Waals surface area contributed by atoms with Gasteiger partial charge in [0.25, 0.3) is 0 Å². The molecule has 2 rings (SSSR count). The number of ether oxygens (including phenoxy) is 1. The van der Waals surface area contributed by atoms with Crippen molar-refractivity contribution in [2.75, 3.05) is 0 Å². The third-order valence-corrected chi connectivity index (χ3v) is 3.02. The van der Waals surface area contributed by atoms with E-state index in [1.807, 2.05) is 32.0 Å². The predicted octanol–water partition coefficient (Wildman–Crippen LogP) is 4.58. The summed E-state index contributed by atoms with van der Waals surface area (Å²) < 4.78 is 5.71. The summed E-state index contributed by atoms with van der Waals surface area (Å²) in [4.78, 5) is 3.97. The minimum Gasteiger partial charge on any atom is -0.489 e. The summed E-state index contributed by atoms with van der Waals surface area (Å²) in [6.45, 7) is 4.46. The molecule has 0 saturated heterocycles. The van der Waals surface area contributed by atoms with Crippen LogP contribution in [-0.4, -0.2) is 4.98 Å². The summed E-state index contributed by atoms with van der Waals surface area (Å²) in [5.41, 5.74) is 3.16. The number of pyridine rings is 1. The minimum atomic E-state index is 0.381. The van der Waals surface area contributed by atoms with E-state index < -0.39 is 0 Å². The van der Waals surface area contributed by atoms with Crippen LogP contribution in [0.3, 0.4) is 0 Å². The Kier molecular flexibility index (Phi) is 4.10. The topological polar surface area (TPSA) is 22.1 Å². The number of hydrogen-bond acceptors (Lipinski definition) is 2. The molecule has 0 saturated carbocycles. The molecule has 18 heavy (non-hydrogen) atoms. The van der Waals surface area contributed by atoms with Crippen LogP contribution < -0.4 is 4.74 Å². The van der Waals surface area contributed by atoms with Gasteiger partial charge in [-0.15, -0.1) is 0 Å². The van der Waals surface area contributed by atoms with Crippen molar-refractivity contribution in [2.24, 2.45) is 0 Å². The van der Waals surface area contributed by atoms with Gasteiger partial charge in [-0.25, -0.2) is 4.98 Å². The average Bonchev–Trinajstić information content (AvgIpc) is 2.26. The van der Waals surface area contributed by atoms with Crippen molar-refractivity contribution >= 4 is 23.2 Å². The first-order valence-corrected chi connectivity index (χ1v) is 6.32. The normalized spacial score (nSPS) is 10.4. The summed E-state index contributed by atoms with van der Waals surface area (Å²) >= 11 is 11.7. The monoisotopic (exact) mass is 281 g/mol. The van der Waals surface area contributed by atoms with Gasteiger partial charge in [-0.2, -0.15) is 0 Å². The predicted molar refractivity (Wildman–Crippen MR) is 74.5 cm³/mol. The lowest BCUT2D eigenvalue weighted by atomic mass is 10.1. The van der Waals surface area contributed by atoms with Gasteiger partial charge in [0.15, 0.2) is 0 Å². The maximum absolute atomic E-state index is 5.98. The maximum Gasteiger partial charge on any atom is 0.137 e. The second-order valence-corrected chi connectivity index (χ2v) is 4.94. The molecule has 0 amide bonds. The van der Waals surface area contributed by atoms with Crippen molar-refractivity contribution in [3.05, 3.63) is 57.3 Å². The first-order chi connectivity index (χ1) is 8.54. The highest BCUT2D eigenvalue weighted by Crippen LogP contribution is 2.21. The molecule has 0 fully saturated rings. The van der Waals surface area contributed by atoms with Gasteiger partial charge in [0.1, 0.15) is 22.7 Å². The van der Waals surface area contributed by atoms with E-state index in [2.05, 4.69) is 11.1 Å². The van der Waals surface area contributed by atoms with Gasteiger partial charge < -0.3 is 4.74 Å². The Morgan fingerprint density at radius 1 is 1.06 bits per heavy atom. The van der Waals surface area contributed by atoms with Crippen molar-refractivity contribution in [1.29, 1.82) is 0 Å². The highest BCUT2D eigenvalue weighted by Gasteiger charge is 2.04. The molecule has 0 aliphatic rings. The van der Waals surface area contributed by atoms with Crippen molar-refractivity contribution in [1.82, 2.24) is 4.98 Å². The summed E-state index contributed by atoms with van der Waals surface area (Å²) in [7, 11) is 0. The average molecular weight is 282 g/mol. The van der Waals surface area contributed by atoms with Crippen LogP contribution in [0.1, 0.15) is 16.7 Å². The molecule has 1 aromatic carbocycles. The van der Waals surface area contributed by atoms with Crippen molar-refractivity contribution in [3.8, 4) is 5.75 Å². The molecule has 0 unspecified atom stereocenters. The lowest BCUT2D eigenvalue weighted by Gasteiger charge is -2.09. The molecular weight excluding hydrogens is 269 g/mol. The Morgan fingerprint density at radius 3 is 2.33 bits per heavy atom. The van der Waals surface area contributed by atoms with E-state index >= 15 is 0 Å². The zero-order chi connectivity index (χ0) is 13.1. The highest BCUT2D eigenvalue weighted by atomic mass is 35.5. The van der Waals surface area contributed by atoms with Crippen LogP contribution in [0, 0.1) is 13.8 Å². The SMILES string of the molecule is Cc1cc(C)cc(OCc2ccc(Cl)nc2Cl)c1. The van der Waals surface area contributed by atoms with Gasteiger partial charge in [0.2, 0.25) is 0 Å². The molecule has 2 aromatic rings. The van der Waals surface area contributed by atoms with Crippen LogP contribution in [0.25, 0.3) is 0 Å². The van der Waals surface area contributed by atoms with Crippen LogP contribution in [0.5, 0.6) is 5.75 Å². The highest BCUT2D eigenvalue weighted by molar-refractivity contribution is 6.32. The number of aromatic nitrogens is 1. The molecule has 0 aliphatic heterocycles. The summed E-state index contributed by atoms with van der Waals surface area (Å²) in [5, 5.41) is 0.766. The largest absolute Gasteiger partial charge is 0.489 e. The van der Waals surface area contributed by atoms with Crippen LogP contribution >= 0.6 is 23.2 Å². The third-order valence-electron chi connectivity index (χ3n) is 2.48. The Bertz CT molecular complexity index is 549. The number of aryl methyl sites for hydroxylation is 2. The van der Waals surface area contributed by atoms with E-state index in [1.54, 1.807) is 6.07 Å². The van der Waals surface area contributed by atoms with Crippen LogP contribution in [0.2, 0.25) is 10.3 Å². The molecule has 0 radical (unpaired) electrons. The molecule has 94 valence electrons. The van der Waals surface area contributed by atoms with E-state index in [-0.39, 0.29) is 0 Å². The lowest BCUT2D eigenvalue weighted by molar-refractivity contribution is 0.305. The first-order valence-electron chi connectivity index (χ1n) is 5.56. The molecule has 0 spiro atoms. The lowest BCUT2D eigenvalue weighted by Crippen LogP contribution is -1.98. The van der Waals surface area contributed by atoms with Crippen molar-refractivity contribution in [2.45, 2.75) is 20.5 Å². The fourth-order valence-electron chi connectivity index (χ4n) is 1.73. The van der Waals surface area contributed by atoms with E-state index in [9.17, 15) is 0 Å². The zero-order valence-corrected chi connectivity index (χ0v) is 11.7. The molecule has 0 bridgehead atoms. The van der Waals surface area contributed by atoms with Crippen LogP contribution in [0.4, 0.5) is 0 Å². The standard InChI is InChI=1S/C14H13Cl2NO/c1-9-5-10(2)7-12(6-9)18-8-11-3-4-13(15)17-14(11)16/h3-7H,8H2,1-2H3. The van der Waals surface area contributed by atoms with Crippen molar-refractivity contribution < 1.29 is 4.74 Å². The Hall–Kier alpha value is -1.25. The first kappa shape index (κ1) is 13.2. The molecule has 1 heterocycles. The van der Waals surface area contributed by atoms with Crippen LogP contribution in [0.15, 0.2) is 30.3 Å². The molecule has 4 heteroatoms. The van der Waals surface area contributed by atoms with Gasteiger partial charge in [-0.05, 0) is 49.2 Å². The smallest absolute Gasteiger partial charge is 0.137 e. The number of hydrogen-bond donors (Lipinski definition) is 0. The molecule has 0 N–H and O–H groups in total. The van der Waals surface area contributed by atoms with Gasteiger partial charge in [0, 0.05) is 5.56 Å². The second kappa shape index (κ2) is 5.59. The summed E-state index contributed by atoms with van der Waals surface area (Å²) in [5.74, 6) is 0.832. The van der Waals surface area contributed by atoms with Gasteiger partial charge in [-0.3, -0.25) is 0 Å². The number of benzene rings is 1. The molecule has 1 aromatic heterocycles. The van der Waals surface area contributed by atoms with Crippen LogP contribution in [-0.2, 0) is 6.61 Å². The minimum absolute atomic E-state index is 0.381. The maximum atomic E-state index is 5.98. The van der Waals surface area contributed by atoms with E-state index in [0.29, 0.717) is 16.9 Å². The number of rotatable bonds is 3. The molecule has 0 aliphatic carbocycles. The fraction of sp³-hybridized carbons (Fsp3) is 0.214. The Labute approximate surface area is 117 Å². The Balaban J connectivity index is 2.11. The number of nitrogens with zero attached hydrogens (tertiary/aromatic N) is 1. The van der Waals surface area contributed by atoms with E-state index in [4.69, 9.17) is 27.9 Å². The molecule has 2 nitrogen and oxygen atoms in total. The number of halogens is 2. The quantitative estimate of drug-likeness (QED) is 0.768. The van der Waals surface area contributed by atoms with E-state index in [1.165, 1.54) is 11.1 Å². The van der Waals surface area contributed by atoms with E-state index in [0.717, 1.165) is 11.3 Å². The zero-order valence-electron chi connectivity index (χ0n) is 10.2. The van der Waals surface area contributed by atoms with Gasteiger partial charge >= 0.3 is 0 Å². The third kappa shape index (κ3) is 3.37. The summed E-state index contributed by atoms with van der Waals surface area (Å²) in [6.07, 6.45) is 0.